The highest BCUT2D eigenvalue weighted by Gasteiger charge is 2.32. The van der Waals surface area contributed by atoms with Gasteiger partial charge >= 0.3 is 18.2 Å². The first-order chi connectivity index (χ1) is 9.64. The molecular formula is C12H12F4N2O3. The quantitative estimate of drug-likeness (QED) is 0.840. The molecule has 0 aromatic heterocycles. The maximum atomic E-state index is 13.6. The number of alkyl halides is 3. The maximum absolute atomic E-state index is 13.6. The molecule has 0 saturated carbocycles. The van der Waals surface area contributed by atoms with Crippen molar-refractivity contribution in [1.82, 2.24) is 4.90 Å². The highest BCUT2D eigenvalue weighted by atomic mass is 19.4. The van der Waals surface area contributed by atoms with E-state index in [4.69, 9.17) is 5.11 Å². The molecule has 0 unspecified atom stereocenters. The molecule has 0 aliphatic carbocycles. The molecular weight excluding hydrogens is 296 g/mol. The predicted molar refractivity (Wildman–Crippen MR) is 65.7 cm³/mol. The molecule has 0 aliphatic rings. The van der Waals surface area contributed by atoms with Gasteiger partial charge in [-0.2, -0.15) is 13.2 Å². The van der Waals surface area contributed by atoms with Crippen molar-refractivity contribution in [2.75, 3.05) is 18.4 Å². The molecule has 0 heterocycles. The van der Waals surface area contributed by atoms with E-state index >= 15 is 0 Å². The second kappa shape index (κ2) is 6.42. The lowest BCUT2D eigenvalue weighted by atomic mass is 10.2. The standard InChI is InChI=1S/C12H12F4N2O3/c1-2-18(6-12(14,15)16)11(21)17-9-4-3-7(10(19)20)5-8(9)13/h3-5H,2,6H2,1H3,(H,17,21)(H,19,20). The molecule has 0 fully saturated rings. The fraction of sp³-hybridized carbons (Fsp3) is 0.333. The minimum atomic E-state index is -4.57. The van der Waals surface area contributed by atoms with Gasteiger partial charge in [0.1, 0.15) is 12.4 Å². The van der Waals surface area contributed by atoms with Crippen molar-refractivity contribution in [1.29, 1.82) is 0 Å². The fourth-order valence-electron chi connectivity index (χ4n) is 1.49. The number of carbonyl (C=O) groups excluding carboxylic acids is 1. The molecule has 0 bridgehead atoms. The summed E-state index contributed by atoms with van der Waals surface area (Å²) in [4.78, 5) is 22.7. The summed E-state index contributed by atoms with van der Waals surface area (Å²) in [5, 5.41) is 10.6. The Hall–Kier alpha value is -2.32. The molecule has 1 aromatic rings. The Bertz CT molecular complexity index is 546. The van der Waals surface area contributed by atoms with Crippen molar-refractivity contribution < 1.29 is 32.3 Å². The molecule has 0 radical (unpaired) electrons. The lowest BCUT2D eigenvalue weighted by Gasteiger charge is -2.22. The first-order valence-corrected chi connectivity index (χ1v) is 5.79. The Morgan fingerprint density at radius 3 is 2.38 bits per heavy atom. The Morgan fingerprint density at radius 2 is 1.95 bits per heavy atom. The lowest BCUT2D eigenvalue weighted by molar-refractivity contribution is -0.139. The van der Waals surface area contributed by atoms with Gasteiger partial charge in [0.25, 0.3) is 0 Å². The maximum Gasteiger partial charge on any atom is 0.406 e. The van der Waals surface area contributed by atoms with E-state index in [2.05, 4.69) is 0 Å². The number of carboxylic acid groups (broad SMARTS) is 1. The smallest absolute Gasteiger partial charge is 0.406 e. The number of nitrogens with one attached hydrogen (secondary N) is 1. The summed E-state index contributed by atoms with van der Waals surface area (Å²) in [7, 11) is 0. The number of urea groups is 1. The third-order valence-corrected chi connectivity index (χ3v) is 2.50. The van der Waals surface area contributed by atoms with Crippen LogP contribution in [0.4, 0.5) is 28.0 Å². The van der Waals surface area contributed by atoms with Gasteiger partial charge in [-0.05, 0) is 25.1 Å². The van der Waals surface area contributed by atoms with Crippen LogP contribution in [0.1, 0.15) is 17.3 Å². The minimum Gasteiger partial charge on any atom is -0.478 e. The van der Waals surface area contributed by atoms with Crippen LogP contribution in [-0.4, -0.2) is 41.3 Å². The van der Waals surface area contributed by atoms with Crippen LogP contribution in [-0.2, 0) is 0 Å². The molecule has 2 N–H and O–H groups in total. The van der Waals surface area contributed by atoms with E-state index in [1.165, 1.54) is 6.92 Å². The van der Waals surface area contributed by atoms with Crippen LogP contribution in [0.25, 0.3) is 0 Å². The number of rotatable bonds is 4. The van der Waals surface area contributed by atoms with Crippen LogP contribution in [0.5, 0.6) is 0 Å². The van der Waals surface area contributed by atoms with Gasteiger partial charge in [-0.1, -0.05) is 0 Å². The number of carbonyl (C=O) groups is 2. The average molecular weight is 308 g/mol. The van der Waals surface area contributed by atoms with E-state index in [0.717, 1.165) is 12.1 Å². The number of nitrogens with zero attached hydrogens (tertiary/aromatic N) is 1. The molecule has 0 aliphatic heterocycles. The van der Waals surface area contributed by atoms with Crippen LogP contribution >= 0.6 is 0 Å². The Labute approximate surface area is 117 Å². The van der Waals surface area contributed by atoms with Gasteiger partial charge in [-0.15, -0.1) is 0 Å². The molecule has 0 saturated heterocycles. The van der Waals surface area contributed by atoms with Crippen LogP contribution in [0.3, 0.4) is 0 Å². The van der Waals surface area contributed by atoms with Gasteiger partial charge in [0.2, 0.25) is 0 Å². The molecule has 5 nitrogen and oxygen atoms in total. The van der Waals surface area contributed by atoms with E-state index in [1.54, 1.807) is 0 Å². The van der Waals surface area contributed by atoms with E-state index < -0.39 is 36.2 Å². The number of aromatic carboxylic acids is 1. The van der Waals surface area contributed by atoms with Crippen molar-refractivity contribution in [3.8, 4) is 0 Å². The summed E-state index contributed by atoms with van der Waals surface area (Å²) in [5.74, 6) is -2.41. The Balaban J connectivity index is 2.84. The Kier molecular flexibility index (Phi) is 5.12. The van der Waals surface area contributed by atoms with Crippen LogP contribution < -0.4 is 5.32 Å². The SMILES string of the molecule is CCN(CC(F)(F)F)C(=O)Nc1ccc(C(=O)O)cc1F. The molecule has 116 valence electrons. The second-order valence-electron chi connectivity index (χ2n) is 4.06. The summed E-state index contributed by atoms with van der Waals surface area (Å²) >= 11 is 0. The predicted octanol–water partition coefficient (Wildman–Crippen LogP) is 2.94. The van der Waals surface area contributed by atoms with Crippen molar-refractivity contribution >= 4 is 17.7 Å². The normalized spacial score (nSPS) is 11.1. The van der Waals surface area contributed by atoms with E-state index in [-0.39, 0.29) is 12.1 Å². The van der Waals surface area contributed by atoms with Crippen molar-refractivity contribution in [2.45, 2.75) is 13.1 Å². The lowest BCUT2D eigenvalue weighted by Crippen LogP contribution is -2.41. The average Bonchev–Trinajstić information content (AvgIpc) is 2.36. The van der Waals surface area contributed by atoms with Crippen LogP contribution in [0.15, 0.2) is 18.2 Å². The van der Waals surface area contributed by atoms with Gasteiger partial charge in [0.05, 0.1) is 11.3 Å². The van der Waals surface area contributed by atoms with Gasteiger partial charge < -0.3 is 15.3 Å². The molecule has 2 amide bonds. The first kappa shape index (κ1) is 16.7. The zero-order chi connectivity index (χ0) is 16.2. The Morgan fingerprint density at radius 1 is 1.33 bits per heavy atom. The number of anilines is 1. The van der Waals surface area contributed by atoms with Crippen LogP contribution in [0, 0.1) is 5.82 Å². The second-order valence-corrected chi connectivity index (χ2v) is 4.06. The largest absolute Gasteiger partial charge is 0.478 e. The molecule has 0 spiro atoms. The summed E-state index contributed by atoms with van der Waals surface area (Å²) in [6.45, 7) is -0.348. The number of halogens is 4. The van der Waals surface area contributed by atoms with Crippen molar-refractivity contribution in [3.63, 3.8) is 0 Å². The summed E-state index contributed by atoms with van der Waals surface area (Å²) in [5.41, 5.74) is -0.737. The number of hydrogen-bond donors (Lipinski definition) is 2. The zero-order valence-electron chi connectivity index (χ0n) is 10.9. The van der Waals surface area contributed by atoms with Crippen LogP contribution in [0.2, 0.25) is 0 Å². The number of benzene rings is 1. The molecule has 21 heavy (non-hydrogen) atoms. The summed E-state index contributed by atoms with van der Waals surface area (Å²) < 4.78 is 50.3. The fourth-order valence-corrected chi connectivity index (χ4v) is 1.49. The molecule has 1 rings (SSSR count). The van der Waals surface area contributed by atoms with Gasteiger partial charge in [-0.3, -0.25) is 0 Å². The van der Waals surface area contributed by atoms with Gasteiger partial charge in [0, 0.05) is 6.54 Å². The third-order valence-electron chi connectivity index (χ3n) is 2.50. The molecule has 9 heteroatoms. The first-order valence-electron chi connectivity index (χ1n) is 5.79. The van der Waals surface area contributed by atoms with Crippen molar-refractivity contribution in [2.24, 2.45) is 0 Å². The third kappa shape index (κ3) is 4.93. The van der Waals surface area contributed by atoms with E-state index in [1.807, 2.05) is 5.32 Å². The highest BCUT2D eigenvalue weighted by Crippen LogP contribution is 2.19. The molecule has 1 aromatic carbocycles. The zero-order valence-corrected chi connectivity index (χ0v) is 10.9. The summed E-state index contributed by atoms with van der Waals surface area (Å²) in [6, 6.07) is 1.54. The number of carboxylic acids is 1. The highest BCUT2D eigenvalue weighted by molar-refractivity contribution is 5.91. The number of hydrogen-bond acceptors (Lipinski definition) is 2. The molecule has 0 atom stereocenters. The van der Waals surface area contributed by atoms with Gasteiger partial charge in [0.15, 0.2) is 0 Å². The van der Waals surface area contributed by atoms with E-state index in [0.29, 0.717) is 11.0 Å². The summed E-state index contributed by atoms with van der Waals surface area (Å²) in [6.07, 6.45) is -4.57. The minimum absolute atomic E-state index is 0.222. The van der Waals surface area contributed by atoms with Gasteiger partial charge in [-0.25, -0.2) is 14.0 Å². The van der Waals surface area contributed by atoms with E-state index in [9.17, 15) is 27.2 Å². The monoisotopic (exact) mass is 308 g/mol. The number of amides is 2. The topological polar surface area (TPSA) is 69.6 Å². The van der Waals surface area contributed by atoms with Crippen molar-refractivity contribution in [3.05, 3.63) is 29.6 Å².